The fourth-order valence-corrected chi connectivity index (χ4v) is 2.46. The van der Waals surface area contributed by atoms with Crippen LogP contribution in [0.15, 0.2) is 36.4 Å². The maximum atomic E-state index is 9.32. The lowest BCUT2D eigenvalue weighted by molar-refractivity contribution is 0.232. The second kappa shape index (κ2) is 5.22. The highest BCUT2D eigenvalue weighted by Gasteiger charge is 2.18. The van der Waals surface area contributed by atoms with Crippen molar-refractivity contribution in [1.82, 2.24) is 4.98 Å². The summed E-state index contributed by atoms with van der Waals surface area (Å²) in [5.74, 6) is 0.771. The van der Waals surface area contributed by atoms with E-state index in [9.17, 15) is 5.26 Å². The highest BCUT2D eigenvalue weighted by atomic mass is 16.5. The summed E-state index contributed by atoms with van der Waals surface area (Å²) in [5, 5.41) is 10.2. The molecule has 2 aromatic rings. The number of nitrogen functional groups attached to an aromatic ring is 1. The molecule has 1 aliphatic rings. The number of allylic oxidation sites excluding steroid dienone is 1. The van der Waals surface area contributed by atoms with Crippen LogP contribution in [0.2, 0.25) is 0 Å². The first-order chi connectivity index (χ1) is 9.79. The Morgan fingerprint density at radius 2 is 2.20 bits per heavy atom. The van der Waals surface area contributed by atoms with Crippen molar-refractivity contribution in [1.29, 1.82) is 5.26 Å². The van der Waals surface area contributed by atoms with Gasteiger partial charge in [-0.05, 0) is 37.5 Å². The van der Waals surface area contributed by atoms with Crippen LogP contribution in [0.4, 0.5) is 5.82 Å². The van der Waals surface area contributed by atoms with Crippen LogP contribution in [0.3, 0.4) is 0 Å². The number of pyridine rings is 1. The summed E-state index contributed by atoms with van der Waals surface area (Å²) in [6, 6.07) is 9.69. The molecule has 20 heavy (non-hydrogen) atoms. The average Bonchev–Trinajstić information content (AvgIpc) is 2.48. The third kappa shape index (κ3) is 2.19. The van der Waals surface area contributed by atoms with E-state index in [0.717, 1.165) is 30.2 Å². The first kappa shape index (κ1) is 12.5. The maximum Gasteiger partial charge on any atom is 0.151 e. The first-order valence-electron chi connectivity index (χ1n) is 6.71. The summed E-state index contributed by atoms with van der Waals surface area (Å²) >= 11 is 0. The van der Waals surface area contributed by atoms with Crippen LogP contribution in [0.1, 0.15) is 24.8 Å². The van der Waals surface area contributed by atoms with Gasteiger partial charge in [0.2, 0.25) is 0 Å². The topological polar surface area (TPSA) is 71.9 Å². The molecular formula is C16H15N3O. The van der Waals surface area contributed by atoms with Gasteiger partial charge in [-0.15, -0.1) is 0 Å². The Morgan fingerprint density at radius 3 is 2.95 bits per heavy atom. The van der Waals surface area contributed by atoms with Crippen LogP contribution in [0, 0.1) is 11.3 Å². The van der Waals surface area contributed by atoms with Gasteiger partial charge in [0.1, 0.15) is 23.6 Å². The molecule has 0 saturated carbocycles. The minimum atomic E-state index is 0.000978. The molecule has 1 aromatic carbocycles. The number of nitrogens with zero attached hydrogens (tertiary/aromatic N) is 2. The fourth-order valence-electron chi connectivity index (χ4n) is 2.46. The van der Waals surface area contributed by atoms with E-state index in [0.29, 0.717) is 11.3 Å². The van der Waals surface area contributed by atoms with Crippen molar-refractivity contribution in [2.24, 2.45) is 0 Å². The molecule has 1 atom stereocenters. The van der Waals surface area contributed by atoms with Crippen LogP contribution in [0.25, 0.3) is 10.9 Å². The number of ether oxygens (including phenoxy) is 1. The van der Waals surface area contributed by atoms with Crippen LogP contribution in [-0.4, -0.2) is 11.1 Å². The predicted octanol–water partition coefficient (Wildman–Crippen LogP) is 3.18. The quantitative estimate of drug-likeness (QED) is 0.846. The molecule has 1 aromatic heterocycles. The SMILES string of the molecule is N#Cc1c(N)nc2ccccc2c1O[C@@H]1C=CCCC1. The molecule has 1 aliphatic carbocycles. The van der Waals surface area contributed by atoms with Gasteiger partial charge in [0.25, 0.3) is 0 Å². The Kier molecular flexibility index (Phi) is 3.26. The van der Waals surface area contributed by atoms with E-state index in [2.05, 4.69) is 23.2 Å². The molecule has 0 amide bonds. The summed E-state index contributed by atoms with van der Waals surface area (Å²) in [4.78, 5) is 4.26. The first-order valence-corrected chi connectivity index (χ1v) is 6.71. The lowest BCUT2D eigenvalue weighted by Gasteiger charge is -2.20. The number of hydrogen-bond acceptors (Lipinski definition) is 4. The summed E-state index contributed by atoms with van der Waals surface area (Å²) in [7, 11) is 0. The Labute approximate surface area is 117 Å². The van der Waals surface area contributed by atoms with Crippen LogP contribution >= 0.6 is 0 Å². The molecule has 1 heterocycles. The fraction of sp³-hybridized carbons (Fsp3) is 0.250. The second-order valence-electron chi connectivity index (χ2n) is 4.85. The van der Waals surface area contributed by atoms with Gasteiger partial charge >= 0.3 is 0 Å². The lowest BCUT2D eigenvalue weighted by Crippen LogP contribution is -2.17. The Bertz CT molecular complexity index is 715. The zero-order valence-corrected chi connectivity index (χ0v) is 11.0. The van der Waals surface area contributed by atoms with Gasteiger partial charge in [-0.25, -0.2) is 4.98 Å². The monoisotopic (exact) mass is 265 g/mol. The van der Waals surface area contributed by atoms with Crippen molar-refractivity contribution in [2.45, 2.75) is 25.4 Å². The highest BCUT2D eigenvalue weighted by Crippen LogP contribution is 2.33. The van der Waals surface area contributed by atoms with E-state index in [1.54, 1.807) is 0 Å². The van der Waals surface area contributed by atoms with Gasteiger partial charge in [-0.3, -0.25) is 0 Å². The smallest absolute Gasteiger partial charge is 0.151 e. The van der Waals surface area contributed by atoms with Crippen molar-refractivity contribution in [3.8, 4) is 11.8 Å². The van der Waals surface area contributed by atoms with Crippen LogP contribution in [0.5, 0.6) is 5.75 Å². The minimum absolute atomic E-state index is 0.000978. The molecule has 0 fully saturated rings. The molecule has 0 radical (unpaired) electrons. The molecule has 4 heteroatoms. The van der Waals surface area contributed by atoms with Gasteiger partial charge in [-0.2, -0.15) is 5.26 Å². The highest BCUT2D eigenvalue weighted by molar-refractivity contribution is 5.90. The van der Waals surface area contributed by atoms with Crippen molar-refractivity contribution in [3.05, 3.63) is 42.0 Å². The largest absolute Gasteiger partial charge is 0.484 e. The average molecular weight is 265 g/mol. The number of nitrogens with two attached hydrogens (primary N) is 1. The van der Waals surface area contributed by atoms with Crippen molar-refractivity contribution >= 4 is 16.7 Å². The summed E-state index contributed by atoms with van der Waals surface area (Å²) in [6.07, 6.45) is 7.31. The van der Waals surface area contributed by atoms with Crippen molar-refractivity contribution in [2.75, 3.05) is 5.73 Å². The van der Waals surface area contributed by atoms with Crippen LogP contribution < -0.4 is 10.5 Å². The number of para-hydroxylation sites is 1. The van der Waals surface area contributed by atoms with Gasteiger partial charge in [0.15, 0.2) is 5.75 Å². The Balaban J connectivity index is 2.13. The molecule has 0 saturated heterocycles. The van der Waals surface area contributed by atoms with E-state index >= 15 is 0 Å². The van der Waals surface area contributed by atoms with Crippen LogP contribution in [-0.2, 0) is 0 Å². The van der Waals surface area contributed by atoms with E-state index in [1.165, 1.54) is 0 Å². The van der Waals surface area contributed by atoms with Crippen molar-refractivity contribution < 1.29 is 4.74 Å². The summed E-state index contributed by atoms with van der Waals surface area (Å²) in [6.45, 7) is 0. The molecule has 3 rings (SSSR count). The molecule has 0 bridgehead atoms. The normalized spacial score (nSPS) is 17.9. The summed E-state index contributed by atoms with van der Waals surface area (Å²) in [5.41, 5.74) is 6.94. The van der Waals surface area contributed by atoms with E-state index in [-0.39, 0.29) is 11.9 Å². The van der Waals surface area contributed by atoms with Gasteiger partial charge in [0.05, 0.1) is 5.52 Å². The molecular weight excluding hydrogens is 250 g/mol. The standard InChI is InChI=1S/C16H15N3O/c17-10-13-15(20-11-6-2-1-3-7-11)12-8-4-5-9-14(12)19-16(13)18/h2,4-6,8-9,11H,1,3,7H2,(H2,18,19)/t11-/m1/s1. The zero-order chi connectivity index (χ0) is 13.9. The van der Waals surface area contributed by atoms with E-state index in [4.69, 9.17) is 10.5 Å². The number of hydrogen-bond donors (Lipinski definition) is 1. The molecule has 100 valence electrons. The molecule has 0 spiro atoms. The minimum Gasteiger partial charge on any atom is -0.484 e. The predicted molar refractivity (Wildman–Crippen MR) is 78.3 cm³/mol. The molecule has 4 nitrogen and oxygen atoms in total. The lowest BCUT2D eigenvalue weighted by atomic mass is 10.0. The molecule has 2 N–H and O–H groups in total. The number of anilines is 1. The van der Waals surface area contributed by atoms with E-state index in [1.807, 2.05) is 24.3 Å². The maximum absolute atomic E-state index is 9.32. The number of fused-ring (bicyclic) bond motifs is 1. The number of benzene rings is 1. The molecule has 0 unspecified atom stereocenters. The van der Waals surface area contributed by atoms with Gasteiger partial charge < -0.3 is 10.5 Å². The Morgan fingerprint density at radius 1 is 1.35 bits per heavy atom. The number of rotatable bonds is 2. The zero-order valence-electron chi connectivity index (χ0n) is 11.0. The third-order valence-electron chi connectivity index (χ3n) is 3.46. The molecule has 0 aliphatic heterocycles. The van der Waals surface area contributed by atoms with Crippen molar-refractivity contribution in [3.63, 3.8) is 0 Å². The second-order valence-corrected chi connectivity index (χ2v) is 4.85. The Hall–Kier alpha value is -2.54. The number of nitriles is 1. The van der Waals surface area contributed by atoms with Gasteiger partial charge in [-0.1, -0.05) is 18.2 Å². The van der Waals surface area contributed by atoms with Gasteiger partial charge in [0, 0.05) is 5.39 Å². The summed E-state index contributed by atoms with van der Waals surface area (Å²) < 4.78 is 6.04. The number of aromatic nitrogens is 1. The van der Waals surface area contributed by atoms with E-state index < -0.39 is 0 Å². The third-order valence-corrected chi connectivity index (χ3v) is 3.46.